The Morgan fingerprint density at radius 3 is 1.45 bits per heavy atom. The van der Waals surface area contributed by atoms with Gasteiger partial charge in [-0.15, -0.1) is 0 Å². The predicted molar refractivity (Wildman–Crippen MR) is 208 cm³/mol. The van der Waals surface area contributed by atoms with Crippen molar-refractivity contribution in [3.05, 3.63) is 182 Å². The Labute approximate surface area is 298 Å². The molecule has 0 saturated heterocycles. The monoisotopic (exact) mass is 632 g/mol. The van der Waals surface area contributed by atoms with E-state index in [1.54, 1.807) is 12.1 Å². The fraction of sp³-hybridized carbons (Fsp3) is 0. The van der Waals surface area contributed by atoms with Crippen molar-refractivity contribution in [3.8, 4) is 44.5 Å². The van der Waals surface area contributed by atoms with Crippen LogP contribution in [0.25, 0.3) is 98.8 Å². The molecule has 49 heavy (non-hydrogen) atoms. The lowest BCUT2D eigenvalue weighted by Gasteiger charge is -2.19. The van der Waals surface area contributed by atoms with E-state index in [-0.39, 0.29) is 22.3 Å². The van der Waals surface area contributed by atoms with Gasteiger partial charge >= 0.3 is 0 Å². The number of benzene rings is 9. The summed E-state index contributed by atoms with van der Waals surface area (Å²) in [6.45, 7) is 0. The molecular weight excluding hydrogens is 593 g/mol. The first-order chi connectivity index (χ1) is 28.4. The minimum Gasteiger partial charge on any atom is -0.455 e. The van der Waals surface area contributed by atoms with Gasteiger partial charge in [-0.3, -0.25) is 0 Å². The van der Waals surface area contributed by atoms with Gasteiger partial charge in [0.25, 0.3) is 0 Å². The minimum absolute atomic E-state index is 0.0647. The van der Waals surface area contributed by atoms with E-state index in [2.05, 4.69) is 48.5 Å². The summed E-state index contributed by atoms with van der Waals surface area (Å²) in [5.41, 5.74) is 5.25. The van der Waals surface area contributed by atoms with E-state index in [0.29, 0.717) is 5.56 Å². The molecule has 0 aliphatic heterocycles. The maximum absolute atomic E-state index is 8.89. The number of furan rings is 1. The normalized spacial score (nSPS) is 14.5. The van der Waals surface area contributed by atoms with Crippen molar-refractivity contribution in [2.24, 2.45) is 0 Å². The highest BCUT2D eigenvalue weighted by Gasteiger charge is 2.19. The lowest BCUT2D eigenvalue weighted by atomic mass is 9.84. The predicted octanol–water partition coefficient (Wildman–Crippen LogP) is 13.7. The highest BCUT2D eigenvalue weighted by molar-refractivity contribution is 6.23. The molecule has 0 unspecified atom stereocenters. The van der Waals surface area contributed by atoms with E-state index in [1.165, 1.54) is 6.07 Å². The van der Waals surface area contributed by atoms with E-state index >= 15 is 0 Å². The second kappa shape index (κ2) is 11.1. The van der Waals surface area contributed by atoms with Gasteiger partial charge in [0.2, 0.25) is 0 Å². The molecule has 0 aliphatic rings. The SMILES string of the molecule is [2H]c1c([2H])c([2H])c(-c2cc(-c3c([2H])c([2H])c([2H])c([2H])c3[2H])cc(-c3c4ccccc4c(-c4ccc5oc6c7ccccc7ccc6c5c4)c4ccccc34)c2)c([2H])c1[2H]. The molecule has 0 saturated carbocycles. The summed E-state index contributed by atoms with van der Waals surface area (Å²) < 4.78 is 92.4. The fourth-order valence-corrected chi connectivity index (χ4v) is 7.26. The third-order valence-electron chi connectivity index (χ3n) is 9.38. The molecule has 0 aliphatic carbocycles. The Balaban J connectivity index is 1.30. The average Bonchev–Trinajstić information content (AvgIpc) is 3.64. The van der Waals surface area contributed by atoms with Gasteiger partial charge < -0.3 is 4.42 Å². The third-order valence-corrected chi connectivity index (χ3v) is 9.38. The number of rotatable bonds is 4. The van der Waals surface area contributed by atoms with Gasteiger partial charge in [0.15, 0.2) is 0 Å². The van der Waals surface area contributed by atoms with Crippen LogP contribution in [0, 0.1) is 0 Å². The van der Waals surface area contributed by atoms with E-state index in [0.717, 1.165) is 70.9 Å². The van der Waals surface area contributed by atoms with Crippen LogP contribution in [0.5, 0.6) is 0 Å². The van der Waals surface area contributed by atoms with Crippen LogP contribution in [0.15, 0.2) is 186 Å². The summed E-state index contributed by atoms with van der Waals surface area (Å²) in [6.07, 6.45) is 0. The highest BCUT2D eigenvalue weighted by atomic mass is 16.3. The van der Waals surface area contributed by atoms with Crippen molar-refractivity contribution >= 4 is 54.3 Å². The van der Waals surface area contributed by atoms with Crippen molar-refractivity contribution in [2.75, 3.05) is 0 Å². The van der Waals surface area contributed by atoms with Crippen LogP contribution in [-0.2, 0) is 0 Å². The second-order valence-corrected chi connectivity index (χ2v) is 12.1. The Hall–Kier alpha value is -6.44. The average molecular weight is 633 g/mol. The standard InChI is InChI=1S/C48H30O/c1-3-13-31(14-4-1)35-27-36(32-15-5-2-6-16-32)29-37(28-35)47-41-21-11-9-19-39(41)46(40-20-10-12-22-42(40)47)34-24-26-45-44(30-34)43-25-23-33-17-7-8-18-38(33)48(43)49-45/h1-30H/i1D,2D,3D,4D,5D,6D,13D,14D,15D,16D. The Morgan fingerprint density at radius 2 is 0.857 bits per heavy atom. The third kappa shape index (κ3) is 4.47. The molecule has 10 rings (SSSR count). The van der Waals surface area contributed by atoms with Crippen LogP contribution < -0.4 is 0 Å². The van der Waals surface area contributed by atoms with Crippen LogP contribution in [0.3, 0.4) is 0 Å². The number of fused-ring (bicyclic) bond motifs is 7. The first-order valence-electron chi connectivity index (χ1n) is 21.0. The van der Waals surface area contributed by atoms with Gasteiger partial charge in [-0.05, 0) is 108 Å². The zero-order valence-corrected chi connectivity index (χ0v) is 26.0. The number of hydrogen-bond acceptors (Lipinski definition) is 1. The van der Waals surface area contributed by atoms with Crippen LogP contribution in [0.4, 0.5) is 0 Å². The Morgan fingerprint density at radius 1 is 0.347 bits per heavy atom. The summed E-state index contributed by atoms with van der Waals surface area (Å²) in [5, 5.41) is 7.69. The summed E-state index contributed by atoms with van der Waals surface area (Å²) in [7, 11) is 0. The lowest BCUT2D eigenvalue weighted by Crippen LogP contribution is -1.92. The molecule has 0 amide bonds. The van der Waals surface area contributed by atoms with Crippen LogP contribution >= 0.6 is 0 Å². The molecule has 1 aromatic heterocycles. The molecule has 228 valence electrons. The molecule has 9 aromatic carbocycles. The van der Waals surface area contributed by atoms with Crippen molar-refractivity contribution in [3.63, 3.8) is 0 Å². The van der Waals surface area contributed by atoms with E-state index in [9.17, 15) is 0 Å². The topological polar surface area (TPSA) is 13.1 Å². The van der Waals surface area contributed by atoms with E-state index in [4.69, 9.17) is 18.1 Å². The maximum atomic E-state index is 8.89. The molecule has 0 N–H and O–H groups in total. The van der Waals surface area contributed by atoms with Crippen LogP contribution in [0.1, 0.15) is 13.7 Å². The summed E-state index contributed by atoms with van der Waals surface area (Å²) >= 11 is 0. The zero-order chi connectivity index (χ0) is 41.0. The molecule has 0 fully saturated rings. The summed E-state index contributed by atoms with van der Waals surface area (Å²) in [5.74, 6) is 0. The van der Waals surface area contributed by atoms with Crippen molar-refractivity contribution < 1.29 is 18.1 Å². The lowest BCUT2D eigenvalue weighted by molar-refractivity contribution is 0.672. The first-order valence-corrected chi connectivity index (χ1v) is 16.0. The van der Waals surface area contributed by atoms with Crippen molar-refractivity contribution in [2.45, 2.75) is 0 Å². The Bertz CT molecular complexity index is 3260. The van der Waals surface area contributed by atoms with Gasteiger partial charge in [-0.25, -0.2) is 0 Å². The van der Waals surface area contributed by atoms with E-state index in [1.807, 2.05) is 54.6 Å². The van der Waals surface area contributed by atoms with Crippen molar-refractivity contribution in [1.82, 2.24) is 0 Å². The molecule has 0 radical (unpaired) electrons. The molecule has 0 atom stereocenters. The highest BCUT2D eigenvalue weighted by Crippen LogP contribution is 2.46. The molecule has 1 heteroatoms. The molecule has 10 aromatic rings. The van der Waals surface area contributed by atoms with Crippen molar-refractivity contribution in [1.29, 1.82) is 0 Å². The van der Waals surface area contributed by atoms with Gasteiger partial charge in [0.05, 0.1) is 13.7 Å². The number of hydrogen-bond donors (Lipinski definition) is 0. The van der Waals surface area contributed by atoms with E-state index < -0.39 is 60.4 Å². The minimum atomic E-state index is -0.534. The smallest absolute Gasteiger partial charge is 0.143 e. The largest absolute Gasteiger partial charge is 0.455 e. The first kappa shape index (κ1) is 19.4. The molecule has 1 heterocycles. The fourth-order valence-electron chi connectivity index (χ4n) is 7.26. The van der Waals surface area contributed by atoms with Crippen LogP contribution in [-0.4, -0.2) is 0 Å². The summed E-state index contributed by atoms with van der Waals surface area (Å²) in [6, 6.07) is 34.9. The van der Waals surface area contributed by atoms with Crippen LogP contribution in [0.2, 0.25) is 0 Å². The quantitative estimate of drug-likeness (QED) is 0.176. The van der Waals surface area contributed by atoms with Gasteiger partial charge in [0.1, 0.15) is 11.2 Å². The second-order valence-electron chi connectivity index (χ2n) is 12.1. The summed E-state index contributed by atoms with van der Waals surface area (Å²) in [4.78, 5) is 0. The zero-order valence-electron chi connectivity index (χ0n) is 36.0. The molecule has 0 spiro atoms. The Kier molecular flexibility index (Phi) is 4.39. The maximum Gasteiger partial charge on any atom is 0.143 e. The molecule has 0 bridgehead atoms. The van der Waals surface area contributed by atoms with Gasteiger partial charge in [0, 0.05) is 16.2 Å². The van der Waals surface area contributed by atoms with Gasteiger partial charge in [-0.2, -0.15) is 0 Å². The van der Waals surface area contributed by atoms with Gasteiger partial charge in [-0.1, -0.05) is 145 Å². The molecule has 1 nitrogen and oxygen atoms in total. The molecular formula is C48H30O.